The van der Waals surface area contributed by atoms with E-state index in [4.69, 9.17) is 4.98 Å². The molecule has 1 atom stereocenters. The zero-order valence-electron chi connectivity index (χ0n) is 18.2. The molecule has 0 amide bonds. The number of imidazole rings is 1. The van der Waals surface area contributed by atoms with Gasteiger partial charge in [-0.3, -0.25) is 5.10 Å². The van der Waals surface area contributed by atoms with E-state index in [2.05, 4.69) is 32.4 Å². The van der Waals surface area contributed by atoms with Crippen LogP contribution in [0, 0.1) is 5.82 Å². The quantitative estimate of drug-likeness (QED) is 0.370. The summed E-state index contributed by atoms with van der Waals surface area (Å²) in [5, 5.41) is 21.8. The number of aryl methyl sites for hydroxylation is 1. The Kier molecular flexibility index (Phi) is 5.40. The molecule has 2 aromatic carbocycles. The van der Waals surface area contributed by atoms with Crippen molar-refractivity contribution in [3.63, 3.8) is 0 Å². The van der Waals surface area contributed by atoms with Crippen LogP contribution in [-0.2, 0) is 13.0 Å². The highest BCUT2D eigenvalue weighted by molar-refractivity contribution is 5.94. The molecule has 32 heavy (non-hydrogen) atoms. The Bertz CT molecular complexity index is 1260. The highest BCUT2D eigenvalue weighted by Crippen LogP contribution is 2.33. The van der Waals surface area contributed by atoms with Gasteiger partial charge in [0.05, 0.1) is 11.2 Å². The molecule has 8 heteroatoms. The van der Waals surface area contributed by atoms with E-state index in [9.17, 15) is 9.50 Å². The van der Waals surface area contributed by atoms with Crippen molar-refractivity contribution < 1.29 is 9.50 Å². The fraction of sp³-hybridized carbons (Fsp3) is 0.333. The first kappa shape index (κ1) is 20.7. The largest absolute Gasteiger partial charge is 0.505 e. The Hall–Kier alpha value is -3.23. The third-order valence-electron chi connectivity index (χ3n) is 6.25. The SMILES string of the molecule is CCc1cc(O)c(F)cc1-c1ccc2c(-c3nc(CNC4CCN(C)C4)c[nH]3)n[nH]c2c1. The number of hydrogen-bond donors (Lipinski definition) is 4. The van der Waals surface area contributed by atoms with Crippen LogP contribution in [0.15, 0.2) is 36.5 Å². The van der Waals surface area contributed by atoms with Gasteiger partial charge < -0.3 is 20.3 Å². The van der Waals surface area contributed by atoms with Crippen molar-refractivity contribution in [1.29, 1.82) is 0 Å². The first-order chi connectivity index (χ1) is 15.5. The Balaban J connectivity index is 1.39. The van der Waals surface area contributed by atoms with Crippen LogP contribution >= 0.6 is 0 Å². The van der Waals surface area contributed by atoms with Crippen LogP contribution in [0.2, 0.25) is 0 Å². The molecule has 1 saturated heterocycles. The number of phenols is 1. The topological polar surface area (TPSA) is 92.9 Å². The van der Waals surface area contributed by atoms with Crippen molar-refractivity contribution in [3.8, 4) is 28.4 Å². The second-order valence-electron chi connectivity index (χ2n) is 8.52. The minimum atomic E-state index is -0.622. The van der Waals surface area contributed by atoms with E-state index in [-0.39, 0.29) is 5.75 Å². The fourth-order valence-corrected chi connectivity index (χ4v) is 4.46. The Labute approximate surface area is 185 Å². The number of likely N-dealkylation sites (N-methyl/N-ethyl adjacent to an activating group) is 1. The molecule has 1 fully saturated rings. The molecule has 4 N–H and O–H groups in total. The number of likely N-dealkylation sites (tertiary alicyclic amines) is 1. The van der Waals surface area contributed by atoms with Crippen LogP contribution in [-0.4, -0.2) is 56.4 Å². The van der Waals surface area contributed by atoms with E-state index in [0.717, 1.165) is 58.5 Å². The molecule has 1 unspecified atom stereocenters. The summed E-state index contributed by atoms with van der Waals surface area (Å²) < 4.78 is 14.0. The van der Waals surface area contributed by atoms with Gasteiger partial charge in [-0.05, 0) is 67.4 Å². The number of fused-ring (bicyclic) bond motifs is 1. The van der Waals surface area contributed by atoms with Gasteiger partial charge in [0.2, 0.25) is 0 Å². The first-order valence-electron chi connectivity index (χ1n) is 11.0. The van der Waals surface area contributed by atoms with E-state index in [1.165, 1.54) is 12.1 Å². The first-order valence-corrected chi connectivity index (χ1v) is 11.0. The number of aromatic hydroxyl groups is 1. The Morgan fingerprint density at radius 2 is 2.16 bits per heavy atom. The standard InChI is InChI=1S/C24H27FN6O/c1-3-14-9-22(32)20(25)10-19(14)15-4-5-18-21(8-15)29-30-23(18)24-27-12-17(28-24)11-26-16-6-7-31(2)13-16/h4-5,8-10,12,16,26,32H,3,6-7,11,13H2,1-2H3,(H,27,28)(H,29,30). The maximum absolute atomic E-state index is 14.0. The summed E-state index contributed by atoms with van der Waals surface area (Å²) in [6, 6.07) is 9.27. The summed E-state index contributed by atoms with van der Waals surface area (Å²) in [5.41, 5.74) is 5.08. The van der Waals surface area contributed by atoms with Gasteiger partial charge in [0, 0.05) is 30.7 Å². The third kappa shape index (κ3) is 3.87. The highest BCUT2D eigenvalue weighted by atomic mass is 19.1. The summed E-state index contributed by atoms with van der Waals surface area (Å²) in [5.74, 6) is -0.226. The molecule has 5 rings (SSSR count). The lowest BCUT2D eigenvalue weighted by atomic mass is 9.96. The predicted molar refractivity (Wildman–Crippen MR) is 123 cm³/mol. The number of rotatable bonds is 6. The summed E-state index contributed by atoms with van der Waals surface area (Å²) in [7, 11) is 2.14. The number of benzene rings is 2. The maximum atomic E-state index is 14.0. The lowest BCUT2D eigenvalue weighted by Crippen LogP contribution is -2.31. The monoisotopic (exact) mass is 434 g/mol. The third-order valence-corrected chi connectivity index (χ3v) is 6.25. The Morgan fingerprint density at radius 1 is 1.28 bits per heavy atom. The highest BCUT2D eigenvalue weighted by Gasteiger charge is 2.19. The van der Waals surface area contributed by atoms with Gasteiger partial charge in [-0.15, -0.1) is 0 Å². The second kappa shape index (κ2) is 8.37. The van der Waals surface area contributed by atoms with E-state index in [1.54, 1.807) is 0 Å². The lowest BCUT2D eigenvalue weighted by Gasteiger charge is -2.11. The second-order valence-corrected chi connectivity index (χ2v) is 8.52. The molecule has 166 valence electrons. The van der Waals surface area contributed by atoms with E-state index in [0.29, 0.717) is 24.8 Å². The van der Waals surface area contributed by atoms with E-state index < -0.39 is 5.82 Å². The number of aromatic amines is 2. The molecule has 4 aromatic rings. The van der Waals surface area contributed by atoms with Crippen molar-refractivity contribution in [1.82, 2.24) is 30.4 Å². The van der Waals surface area contributed by atoms with Crippen LogP contribution in [0.3, 0.4) is 0 Å². The zero-order valence-corrected chi connectivity index (χ0v) is 18.2. The average molecular weight is 435 g/mol. The van der Waals surface area contributed by atoms with Crippen LogP contribution in [0.25, 0.3) is 33.5 Å². The molecule has 0 saturated carbocycles. The van der Waals surface area contributed by atoms with Crippen molar-refractivity contribution in [2.75, 3.05) is 20.1 Å². The molecule has 0 radical (unpaired) electrons. The van der Waals surface area contributed by atoms with Crippen LogP contribution in [0.1, 0.15) is 24.6 Å². The average Bonchev–Trinajstić information content (AvgIpc) is 3.52. The summed E-state index contributed by atoms with van der Waals surface area (Å²) >= 11 is 0. The smallest absolute Gasteiger partial charge is 0.165 e. The predicted octanol–water partition coefficient (Wildman–Crippen LogP) is 3.82. The Morgan fingerprint density at radius 3 is 2.94 bits per heavy atom. The van der Waals surface area contributed by atoms with Gasteiger partial charge in [-0.2, -0.15) is 5.10 Å². The number of nitrogens with one attached hydrogen (secondary N) is 3. The van der Waals surface area contributed by atoms with Gasteiger partial charge in [-0.1, -0.05) is 13.0 Å². The lowest BCUT2D eigenvalue weighted by molar-refractivity contribution is 0.397. The van der Waals surface area contributed by atoms with Gasteiger partial charge in [0.25, 0.3) is 0 Å². The molecule has 0 aliphatic carbocycles. The van der Waals surface area contributed by atoms with E-state index in [1.807, 2.05) is 31.3 Å². The molecule has 1 aliphatic rings. The fourth-order valence-electron chi connectivity index (χ4n) is 4.46. The molecular formula is C24H27FN6O. The normalized spacial score (nSPS) is 16.9. The summed E-state index contributed by atoms with van der Waals surface area (Å²) in [4.78, 5) is 10.3. The minimum Gasteiger partial charge on any atom is -0.505 e. The molecule has 0 spiro atoms. The van der Waals surface area contributed by atoms with Gasteiger partial charge in [-0.25, -0.2) is 9.37 Å². The molecule has 0 bridgehead atoms. The maximum Gasteiger partial charge on any atom is 0.165 e. The zero-order chi connectivity index (χ0) is 22.2. The molecule has 3 heterocycles. The summed E-state index contributed by atoms with van der Waals surface area (Å²) in [6.45, 7) is 4.89. The molecule has 2 aromatic heterocycles. The minimum absolute atomic E-state index is 0.321. The van der Waals surface area contributed by atoms with E-state index >= 15 is 0 Å². The van der Waals surface area contributed by atoms with Gasteiger partial charge >= 0.3 is 0 Å². The van der Waals surface area contributed by atoms with Crippen molar-refractivity contribution in [2.24, 2.45) is 0 Å². The molecular weight excluding hydrogens is 407 g/mol. The van der Waals surface area contributed by atoms with Crippen LogP contribution < -0.4 is 5.32 Å². The van der Waals surface area contributed by atoms with Crippen molar-refractivity contribution in [3.05, 3.63) is 53.6 Å². The van der Waals surface area contributed by atoms with Crippen LogP contribution in [0.4, 0.5) is 4.39 Å². The molecule has 1 aliphatic heterocycles. The molecule has 7 nitrogen and oxygen atoms in total. The van der Waals surface area contributed by atoms with Crippen LogP contribution in [0.5, 0.6) is 5.75 Å². The van der Waals surface area contributed by atoms with Crippen molar-refractivity contribution in [2.45, 2.75) is 32.4 Å². The van der Waals surface area contributed by atoms with Crippen molar-refractivity contribution >= 4 is 10.9 Å². The van der Waals surface area contributed by atoms with Gasteiger partial charge in [0.15, 0.2) is 17.4 Å². The number of H-pyrrole nitrogens is 2. The number of halogens is 1. The number of aromatic nitrogens is 4. The number of nitrogens with zero attached hydrogens (tertiary/aromatic N) is 3. The summed E-state index contributed by atoms with van der Waals surface area (Å²) in [6.07, 6.45) is 3.77. The number of hydrogen-bond acceptors (Lipinski definition) is 5. The number of phenolic OH excluding ortho intramolecular Hbond substituents is 1. The van der Waals surface area contributed by atoms with Gasteiger partial charge in [0.1, 0.15) is 5.69 Å².